The van der Waals surface area contributed by atoms with Gasteiger partial charge in [-0.25, -0.2) is 8.42 Å². The van der Waals surface area contributed by atoms with Gasteiger partial charge in [-0.15, -0.1) is 0 Å². The highest BCUT2D eigenvalue weighted by Gasteiger charge is 2.30. The molecular weight excluding hydrogens is 458 g/mol. The summed E-state index contributed by atoms with van der Waals surface area (Å²) in [4.78, 5) is 12.3. The standard InChI is InChI=1S/C20H22BrN3O4S/c1-22-20(26)15-8-12(11-2-3-11)9-17(19(15)25)24-29(27,28)18-10-13(21)4-7-16(18)23-14-5-6-14/h4,7-11,14,23-25H,2-3,5-6H2,1H3,(H,22,26). The average molecular weight is 480 g/mol. The smallest absolute Gasteiger partial charge is 0.264 e. The van der Waals surface area contributed by atoms with Crippen molar-refractivity contribution in [2.24, 2.45) is 0 Å². The molecule has 4 N–H and O–H groups in total. The third kappa shape index (κ3) is 4.35. The van der Waals surface area contributed by atoms with E-state index in [9.17, 15) is 18.3 Å². The summed E-state index contributed by atoms with van der Waals surface area (Å²) in [7, 11) is -2.55. The van der Waals surface area contributed by atoms with Gasteiger partial charge in [0.15, 0.2) is 5.75 Å². The molecule has 7 nitrogen and oxygen atoms in total. The van der Waals surface area contributed by atoms with Crippen LogP contribution in [0.1, 0.15) is 47.5 Å². The number of benzene rings is 2. The van der Waals surface area contributed by atoms with Crippen molar-refractivity contribution in [3.63, 3.8) is 0 Å². The minimum Gasteiger partial charge on any atom is -0.505 e. The van der Waals surface area contributed by atoms with E-state index in [0.717, 1.165) is 31.2 Å². The topological polar surface area (TPSA) is 108 Å². The van der Waals surface area contributed by atoms with Gasteiger partial charge in [-0.3, -0.25) is 9.52 Å². The van der Waals surface area contributed by atoms with Crippen molar-refractivity contribution >= 4 is 43.2 Å². The van der Waals surface area contributed by atoms with Crippen molar-refractivity contribution in [3.05, 3.63) is 45.9 Å². The fourth-order valence-corrected chi connectivity index (χ4v) is 4.95. The molecular formula is C20H22BrN3O4S. The Kier molecular flexibility index (Phi) is 5.20. The van der Waals surface area contributed by atoms with Crippen LogP contribution < -0.4 is 15.4 Å². The number of rotatable bonds is 7. The fourth-order valence-electron chi connectivity index (χ4n) is 3.18. The Hall–Kier alpha value is -2.26. The summed E-state index contributed by atoms with van der Waals surface area (Å²) in [6.07, 6.45) is 3.96. The maximum Gasteiger partial charge on any atom is 0.264 e. The molecule has 2 aromatic carbocycles. The quantitative estimate of drug-likeness (QED) is 0.452. The molecule has 1 amide bonds. The number of hydrogen-bond acceptors (Lipinski definition) is 5. The molecule has 0 bridgehead atoms. The van der Waals surface area contributed by atoms with E-state index in [1.54, 1.807) is 24.3 Å². The number of carbonyl (C=O) groups is 1. The highest BCUT2D eigenvalue weighted by Crippen LogP contribution is 2.44. The summed E-state index contributed by atoms with van der Waals surface area (Å²) in [6, 6.07) is 8.53. The van der Waals surface area contributed by atoms with Crippen LogP contribution in [0.2, 0.25) is 0 Å². The van der Waals surface area contributed by atoms with E-state index >= 15 is 0 Å². The van der Waals surface area contributed by atoms with Crippen LogP contribution >= 0.6 is 15.9 Å². The Bertz CT molecular complexity index is 1080. The lowest BCUT2D eigenvalue weighted by Crippen LogP contribution is -2.20. The number of anilines is 2. The molecule has 9 heteroatoms. The van der Waals surface area contributed by atoms with Gasteiger partial charge < -0.3 is 15.7 Å². The van der Waals surface area contributed by atoms with Crippen LogP contribution in [-0.4, -0.2) is 32.5 Å². The van der Waals surface area contributed by atoms with E-state index in [0.29, 0.717) is 10.2 Å². The largest absolute Gasteiger partial charge is 0.505 e. The first-order valence-electron chi connectivity index (χ1n) is 9.46. The number of sulfonamides is 1. The summed E-state index contributed by atoms with van der Waals surface area (Å²) in [5.74, 6) is -0.576. The Morgan fingerprint density at radius 3 is 2.45 bits per heavy atom. The number of hydrogen-bond donors (Lipinski definition) is 4. The van der Waals surface area contributed by atoms with Gasteiger partial charge in [-0.05, 0) is 67.5 Å². The zero-order valence-corrected chi connectivity index (χ0v) is 18.2. The highest BCUT2D eigenvalue weighted by molar-refractivity contribution is 9.10. The minimum absolute atomic E-state index is 0.00495. The van der Waals surface area contributed by atoms with Crippen molar-refractivity contribution in [2.45, 2.75) is 42.5 Å². The Morgan fingerprint density at radius 1 is 1.10 bits per heavy atom. The molecule has 2 aliphatic carbocycles. The molecule has 0 spiro atoms. The Labute approximate surface area is 178 Å². The molecule has 0 aromatic heterocycles. The predicted octanol–water partition coefficient (Wildman–Crippen LogP) is 3.77. The van der Waals surface area contributed by atoms with Crippen LogP contribution in [0.25, 0.3) is 0 Å². The van der Waals surface area contributed by atoms with Gasteiger partial charge in [0.25, 0.3) is 15.9 Å². The molecule has 2 aromatic rings. The van der Waals surface area contributed by atoms with Crippen molar-refractivity contribution in [1.29, 1.82) is 0 Å². The molecule has 2 aliphatic rings. The van der Waals surface area contributed by atoms with E-state index in [2.05, 4.69) is 31.3 Å². The van der Waals surface area contributed by atoms with Crippen LogP contribution in [-0.2, 0) is 10.0 Å². The highest BCUT2D eigenvalue weighted by atomic mass is 79.9. The number of nitrogens with one attached hydrogen (secondary N) is 3. The zero-order chi connectivity index (χ0) is 20.8. The monoisotopic (exact) mass is 479 g/mol. The van der Waals surface area contributed by atoms with Gasteiger partial charge in [0.2, 0.25) is 0 Å². The first-order valence-corrected chi connectivity index (χ1v) is 11.7. The molecule has 0 heterocycles. The SMILES string of the molecule is CNC(=O)c1cc(C2CC2)cc(NS(=O)(=O)c2cc(Br)ccc2NC2CC2)c1O. The van der Waals surface area contributed by atoms with Gasteiger partial charge >= 0.3 is 0 Å². The van der Waals surface area contributed by atoms with E-state index in [1.807, 2.05) is 0 Å². The first kappa shape index (κ1) is 20.0. The van der Waals surface area contributed by atoms with Crippen LogP contribution in [0.3, 0.4) is 0 Å². The van der Waals surface area contributed by atoms with Crippen LogP contribution in [0.4, 0.5) is 11.4 Å². The van der Waals surface area contributed by atoms with E-state index in [4.69, 9.17) is 0 Å². The number of halogens is 1. The maximum absolute atomic E-state index is 13.2. The lowest BCUT2D eigenvalue weighted by atomic mass is 10.0. The summed E-state index contributed by atoms with van der Waals surface area (Å²) in [6.45, 7) is 0. The lowest BCUT2D eigenvalue weighted by molar-refractivity contribution is 0.0960. The van der Waals surface area contributed by atoms with Crippen molar-refractivity contribution < 1.29 is 18.3 Å². The van der Waals surface area contributed by atoms with E-state index in [1.165, 1.54) is 13.1 Å². The lowest BCUT2D eigenvalue weighted by Gasteiger charge is -2.17. The number of phenolic OH excluding ortho intramolecular Hbond substituents is 1. The van der Waals surface area contributed by atoms with Crippen molar-refractivity contribution in [3.8, 4) is 5.75 Å². The van der Waals surface area contributed by atoms with Crippen LogP contribution in [0.15, 0.2) is 39.7 Å². The Balaban J connectivity index is 1.74. The van der Waals surface area contributed by atoms with Crippen molar-refractivity contribution in [2.75, 3.05) is 17.1 Å². The molecule has 0 aliphatic heterocycles. The molecule has 0 unspecified atom stereocenters. The average Bonchev–Trinajstić information content (AvgIpc) is 3.58. The molecule has 2 fully saturated rings. The number of carbonyl (C=O) groups excluding carboxylic acids is 1. The molecule has 0 atom stereocenters. The normalized spacial score (nSPS) is 16.3. The van der Waals surface area contributed by atoms with Crippen LogP contribution in [0.5, 0.6) is 5.75 Å². The number of phenols is 1. The minimum atomic E-state index is -4.01. The third-order valence-electron chi connectivity index (χ3n) is 5.07. The first-order chi connectivity index (χ1) is 13.8. The second-order valence-electron chi connectivity index (χ2n) is 7.48. The third-order valence-corrected chi connectivity index (χ3v) is 6.97. The van der Waals surface area contributed by atoms with Crippen LogP contribution in [0, 0.1) is 0 Å². The van der Waals surface area contributed by atoms with Gasteiger partial charge in [0.05, 0.1) is 16.9 Å². The number of aromatic hydroxyl groups is 1. The van der Waals surface area contributed by atoms with Crippen molar-refractivity contribution in [1.82, 2.24) is 5.32 Å². The molecule has 4 rings (SSSR count). The number of amides is 1. The molecule has 29 heavy (non-hydrogen) atoms. The Morgan fingerprint density at radius 2 is 1.83 bits per heavy atom. The second kappa shape index (κ2) is 7.53. The molecule has 0 saturated heterocycles. The summed E-state index contributed by atoms with van der Waals surface area (Å²) < 4.78 is 29.5. The van der Waals surface area contributed by atoms with Gasteiger partial charge in [-0.1, -0.05) is 15.9 Å². The van der Waals surface area contributed by atoms with Gasteiger partial charge in [0, 0.05) is 17.6 Å². The van der Waals surface area contributed by atoms with Gasteiger partial charge in [-0.2, -0.15) is 0 Å². The summed E-state index contributed by atoms with van der Waals surface area (Å²) >= 11 is 3.33. The molecule has 2 saturated carbocycles. The fraction of sp³-hybridized carbons (Fsp3) is 0.350. The zero-order valence-electron chi connectivity index (χ0n) is 15.8. The predicted molar refractivity (Wildman–Crippen MR) is 115 cm³/mol. The molecule has 0 radical (unpaired) electrons. The van der Waals surface area contributed by atoms with Gasteiger partial charge in [0.1, 0.15) is 4.90 Å². The van der Waals surface area contributed by atoms with E-state index < -0.39 is 15.9 Å². The second-order valence-corrected chi connectivity index (χ2v) is 10.0. The summed E-state index contributed by atoms with van der Waals surface area (Å²) in [5, 5.41) is 16.3. The molecule has 154 valence electrons. The summed E-state index contributed by atoms with van der Waals surface area (Å²) in [5.41, 5.74) is 1.41. The van der Waals surface area contributed by atoms with E-state index in [-0.39, 0.29) is 33.9 Å². The maximum atomic E-state index is 13.2.